The Morgan fingerprint density at radius 3 is 2.11 bits per heavy atom. The van der Waals surface area contributed by atoms with Crippen LogP contribution in [-0.4, -0.2) is 25.2 Å². The monoisotopic (exact) mass is 261 g/mol. The first-order valence-electron chi connectivity index (χ1n) is 5.55. The summed E-state index contributed by atoms with van der Waals surface area (Å²) in [6.07, 6.45) is 2.87. The van der Waals surface area contributed by atoms with Gasteiger partial charge in [0.15, 0.2) is 0 Å². The topological polar surface area (TPSA) is 78.6 Å². The number of carbonyl (C=O) groups excluding carboxylic acids is 2. The molecule has 0 aromatic heterocycles. The smallest absolute Gasteiger partial charge is 0.339 e. The number of rotatable bonds is 6. The van der Waals surface area contributed by atoms with Crippen molar-refractivity contribution in [2.75, 3.05) is 18.9 Å². The zero-order valence-corrected chi connectivity index (χ0v) is 10.4. The van der Waals surface area contributed by atoms with Crippen molar-refractivity contribution in [3.8, 4) is 0 Å². The molecule has 100 valence electrons. The number of ether oxygens (including phenoxy) is 2. The van der Waals surface area contributed by atoms with Gasteiger partial charge < -0.3 is 15.2 Å². The molecule has 0 amide bonds. The molecule has 2 N–H and O–H groups in total. The molecule has 0 atom stereocenters. The van der Waals surface area contributed by atoms with Crippen LogP contribution in [0.15, 0.2) is 43.5 Å². The molecular weight excluding hydrogens is 246 g/mol. The Morgan fingerprint density at radius 1 is 1.05 bits per heavy atom. The maximum atomic E-state index is 11.8. The van der Waals surface area contributed by atoms with Crippen molar-refractivity contribution in [3.63, 3.8) is 0 Å². The van der Waals surface area contributed by atoms with E-state index in [1.165, 1.54) is 30.4 Å². The van der Waals surface area contributed by atoms with E-state index in [-0.39, 0.29) is 24.3 Å². The van der Waals surface area contributed by atoms with Crippen LogP contribution >= 0.6 is 0 Å². The third kappa shape index (κ3) is 3.99. The van der Waals surface area contributed by atoms with Crippen LogP contribution in [0.1, 0.15) is 20.7 Å². The molecule has 1 aromatic rings. The molecule has 0 heterocycles. The van der Waals surface area contributed by atoms with Crippen LogP contribution < -0.4 is 5.73 Å². The Labute approximate surface area is 111 Å². The van der Waals surface area contributed by atoms with Crippen molar-refractivity contribution >= 4 is 17.6 Å². The lowest BCUT2D eigenvalue weighted by atomic mass is 10.1. The van der Waals surface area contributed by atoms with Gasteiger partial charge in [-0.25, -0.2) is 9.59 Å². The number of hydrogen-bond acceptors (Lipinski definition) is 5. The highest BCUT2D eigenvalue weighted by molar-refractivity contribution is 6.03. The fourth-order valence-corrected chi connectivity index (χ4v) is 1.33. The van der Waals surface area contributed by atoms with Gasteiger partial charge in [0.25, 0.3) is 0 Å². The quantitative estimate of drug-likeness (QED) is 0.481. The lowest BCUT2D eigenvalue weighted by Gasteiger charge is -2.09. The molecule has 0 unspecified atom stereocenters. The first-order valence-corrected chi connectivity index (χ1v) is 5.55. The van der Waals surface area contributed by atoms with Crippen LogP contribution in [0.3, 0.4) is 0 Å². The Morgan fingerprint density at radius 2 is 1.58 bits per heavy atom. The molecule has 1 aromatic carbocycles. The number of nitrogen functional groups attached to an aromatic ring is 1. The minimum Gasteiger partial charge on any atom is -0.458 e. The van der Waals surface area contributed by atoms with E-state index in [2.05, 4.69) is 13.2 Å². The Kier molecular flexibility index (Phi) is 5.35. The van der Waals surface area contributed by atoms with E-state index < -0.39 is 11.9 Å². The second kappa shape index (κ2) is 7.00. The summed E-state index contributed by atoms with van der Waals surface area (Å²) in [5, 5.41) is 0. The third-order valence-electron chi connectivity index (χ3n) is 2.15. The molecule has 0 spiro atoms. The Bertz CT molecular complexity index is 508. The van der Waals surface area contributed by atoms with E-state index >= 15 is 0 Å². The second-order valence-corrected chi connectivity index (χ2v) is 3.58. The zero-order chi connectivity index (χ0) is 14.3. The van der Waals surface area contributed by atoms with Crippen LogP contribution in [0.4, 0.5) is 5.69 Å². The molecule has 5 heteroatoms. The summed E-state index contributed by atoms with van der Waals surface area (Å²) in [6.45, 7) is 6.99. The molecule has 5 nitrogen and oxygen atoms in total. The number of esters is 2. The Balaban J connectivity index is 3.03. The SMILES string of the molecule is C=CCOC(=O)c1ccc(N)cc1C(=O)OCC=C. The molecule has 1 rings (SSSR count). The van der Waals surface area contributed by atoms with Gasteiger partial charge in [-0.2, -0.15) is 0 Å². The van der Waals surface area contributed by atoms with E-state index in [0.717, 1.165) is 0 Å². The minimum absolute atomic E-state index is 0.0504. The molecule has 0 saturated heterocycles. The molecule has 0 aliphatic heterocycles. The summed E-state index contributed by atoms with van der Waals surface area (Å²) < 4.78 is 9.77. The number of carbonyl (C=O) groups is 2. The molecule has 0 bridgehead atoms. The van der Waals surface area contributed by atoms with Gasteiger partial charge in [0.1, 0.15) is 13.2 Å². The summed E-state index contributed by atoms with van der Waals surface area (Å²) in [5.74, 6) is -1.29. The van der Waals surface area contributed by atoms with Crippen molar-refractivity contribution < 1.29 is 19.1 Å². The average molecular weight is 261 g/mol. The van der Waals surface area contributed by atoms with Gasteiger partial charge in [0, 0.05) is 5.69 Å². The molecule has 0 fully saturated rings. The van der Waals surface area contributed by atoms with Crippen LogP contribution in [0.5, 0.6) is 0 Å². The molecule has 0 saturated carbocycles. The molecular formula is C14H15NO4. The van der Waals surface area contributed by atoms with Gasteiger partial charge in [-0.1, -0.05) is 25.3 Å². The Hall–Kier alpha value is -2.56. The van der Waals surface area contributed by atoms with Crippen molar-refractivity contribution in [2.45, 2.75) is 0 Å². The number of nitrogens with two attached hydrogens (primary N) is 1. The minimum atomic E-state index is -0.655. The lowest BCUT2D eigenvalue weighted by molar-refractivity contribution is 0.0503. The van der Waals surface area contributed by atoms with Gasteiger partial charge >= 0.3 is 11.9 Å². The van der Waals surface area contributed by atoms with Gasteiger partial charge in [0.2, 0.25) is 0 Å². The molecule has 0 aliphatic carbocycles. The molecule has 0 radical (unpaired) electrons. The van der Waals surface area contributed by atoms with Gasteiger partial charge in [-0.05, 0) is 18.2 Å². The maximum absolute atomic E-state index is 11.8. The van der Waals surface area contributed by atoms with Crippen molar-refractivity contribution in [2.24, 2.45) is 0 Å². The third-order valence-corrected chi connectivity index (χ3v) is 2.15. The van der Waals surface area contributed by atoms with Crippen LogP contribution in [0.25, 0.3) is 0 Å². The fraction of sp³-hybridized carbons (Fsp3) is 0.143. The summed E-state index contributed by atoms with van der Waals surface area (Å²) in [4.78, 5) is 23.6. The second-order valence-electron chi connectivity index (χ2n) is 3.58. The van der Waals surface area contributed by atoms with Crippen molar-refractivity contribution in [1.29, 1.82) is 0 Å². The highest BCUT2D eigenvalue weighted by Crippen LogP contribution is 2.16. The predicted molar refractivity (Wildman–Crippen MR) is 71.8 cm³/mol. The fourth-order valence-electron chi connectivity index (χ4n) is 1.33. The summed E-state index contributed by atoms with van der Waals surface area (Å²) in [6, 6.07) is 4.30. The zero-order valence-electron chi connectivity index (χ0n) is 10.4. The highest BCUT2D eigenvalue weighted by atomic mass is 16.5. The standard InChI is InChI=1S/C14H15NO4/c1-3-7-18-13(16)11-6-5-10(15)9-12(11)14(17)19-8-4-2/h3-6,9H,1-2,7-8,15H2. The number of hydrogen-bond donors (Lipinski definition) is 1. The van der Waals surface area contributed by atoms with Crippen LogP contribution in [0, 0.1) is 0 Å². The summed E-state index contributed by atoms with van der Waals surface area (Å²) in [5.41, 5.74) is 6.12. The van der Waals surface area contributed by atoms with Gasteiger partial charge in [-0.15, -0.1) is 0 Å². The molecule has 0 aliphatic rings. The van der Waals surface area contributed by atoms with E-state index in [1.54, 1.807) is 0 Å². The maximum Gasteiger partial charge on any atom is 0.339 e. The predicted octanol–water partition coefficient (Wildman–Crippen LogP) is 1.95. The van der Waals surface area contributed by atoms with E-state index in [4.69, 9.17) is 15.2 Å². The average Bonchev–Trinajstić information content (AvgIpc) is 2.41. The summed E-state index contributed by atoms with van der Waals surface area (Å²) >= 11 is 0. The highest BCUT2D eigenvalue weighted by Gasteiger charge is 2.19. The number of benzene rings is 1. The normalized spacial score (nSPS) is 9.47. The molecule has 19 heavy (non-hydrogen) atoms. The van der Waals surface area contributed by atoms with E-state index in [0.29, 0.717) is 5.69 Å². The van der Waals surface area contributed by atoms with Crippen molar-refractivity contribution in [1.82, 2.24) is 0 Å². The van der Waals surface area contributed by atoms with Crippen molar-refractivity contribution in [3.05, 3.63) is 54.6 Å². The van der Waals surface area contributed by atoms with Crippen LogP contribution in [0.2, 0.25) is 0 Å². The first-order chi connectivity index (χ1) is 9.10. The van der Waals surface area contributed by atoms with Crippen LogP contribution in [-0.2, 0) is 9.47 Å². The van der Waals surface area contributed by atoms with E-state index in [1.807, 2.05) is 0 Å². The first kappa shape index (κ1) is 14.5. The van der Waals surface area contributed by atoms with Gasteiger partial charge in [0.05, 0.1) is 11.1 Å². The van der Waals surface area contributed by atoms with Gasteiger partial charge in [-0.3, -0.25) is 0 Å². The van der Waals surface area contributed by atoms with E-state index in [9.17, 15) is 9.59 Å². The largest absolute Gasteiger partial charge is 0.458 e. The summed E-state index contributed by atoms with van der Waals surface area (Å²) in [7, 11) is 0. The number of anilines is 1. The lowest BCUT2D eigenvalue weighted by Crippen LogP contribution is -2.14.